The molecule has 0 aliphatic carbocycles. The van der Waals surface area contributed by atoms with Gasteiger partial charge in [0.15, 0.2) is 5.82 Å². The van der Waals surface area contributed by atoms with Crippen molar-refractivity contribution in [2.75, 3.05) is 25.5 Å². The van der Waals surface area contributed by atoms with Crippen LogP contribution in [0.2, 0.25) is 0 Å². The Balaban J connectivity index is 1.81. The largest absolute Gasteiger partial charge is 0.494 e. The summed E-state index contributed by atoms with van der Waals surface area (Å²) in [6.07, 6.45) is 1.16. The van der Waals surface area contributed by atoms with Crippen molar-refractivity contribution in [2.45, 2.75) is 27.2 Å². The van der Waals surface area contributed by atoms with Crippen LogP contribution in [0.25, 0.3) is 5.69 Å². The Labute approximate surface area is 147 Å². The minimum atomic E-state index is -0.0806. The number of aromatic nitrogens is 4. The van der Waals surface area contributed by atoms with Crippen molar-refractivity contribution in [1.82, 2.24) is 25.1 Å². The molecule has 3 rings (SSSR count). The molecule has 8 heteroatoms. The van der Waals surface area contributed by atoms with E-state index < -0.39 is 0 Å². The van der Waals surface area contributed by atoms with Gasteiger partial charge in [0.25, 0.3) is 0 Å². The molecule has 1 N–H and O–H groups in total. The topological polar surface area (TPSA) is 85.2 Å². The Hall–Kier alpha value is -2.64. The second-order valence-electron chi connectivity index (χ2n) is 6.81. The number of amides is 2. The maximum Gasteiger partial charge on any atom is 0.321 e. The number of hydrogen-bond donors (Lipinski definition) is 1. The van der Waals surface area contributed by atoms with Crippen molar-refractivity contribution in [3.63, 3.8) is 0 Å². The number of methoxy groups -OCH3 is 1. The molecule has 1 aliphatic heterocycles. The summed E-state index contributed by atoms with van der Waals surface area (Å²) in [6.45, 7) is 7.74. The summed E-state index contributed by atoms with van der Waals surface area (Å²) >= 11 is 0. The van der Waals surface area contributed by atoms with Crippen molar-refractivity contribution in [1.29, 1.82) is 0 Å². The van der Waals surface area contributed by atoms with E-state index in [2.05, 4.69) is 34.7 Å². The van der Waals surface area contributed by atoms with E-state index in [-0.39, 0.29) is 6.03 Å². The molecule has 8 nitrogen and oxygen atoms in total. The van der Waals surface area contributed by atoms with Crippen LogP contribution < -0.4 is 10.1 Å². The van der Waals surface area contributed by atoms with E-state index in [9.17, 15) is 4.79 Å². The molecule has 2 aromatic rings. The average Bonchev–Trinajstić information content (AvgIpc) is 2.99. The van der Waals surface area contributed by atoms with Gasteiger partial charge in [-0.15, -0.1) is 5.10 Å². The highest BCUT2D eigenvalue weighted by Crippen LogP contribution is 2.27. The smallest absolute Gasteiger partial charge is 0.321 e. The summed E-state index contributed by atoms with van der Waals surface area (Å²) in [5, 5.41) is 14.5. The fourth-order valence-corrected chi connectivity index (χ4v) is 3.42. The third kappa shape index (κ3) is 3.72. The second-order valence-corrected chi connectivity index (χ2v) is 6.81. The Morgan fingerprint density at radius 1 is 1.28 bits per heavy atom. The standard InChI is InChI=1S/C17H24N6O2/c1-11-7-12(2)10-22(9-11)17(24)18-14-5-6-16(25-4)15(8-14)23-13(3)19-20-21-23/h5-6,8,11-12H,7,9-10H2,1-4H3,(H,18,24)/t11-,12-/m0/s1. The van der Waals surface area contributed by atoms with Gasteiger partial charge in [-0.3, -0.25) is 0 Å². The number of likely N-dealkylation sites (tertiary alicyclic amines) is 1. The second kappa shape index (κ2) is 7.08. The highest BCUT2D eigenvalue weighted by atomic mass is 16.5. The Kier molecular flexibility index (Phi) is 4.87. The monoisotopic (exact) mass is 344 g/mol. The number of carbonyl (C=O) groups is 1. The van der Waals surface area contributed by atoms with E-state index >= 15 is 0 Å². The molecule has 25 heavy (non-hydrogen) atoms. The first-order valence-corrected chi connectivity index (χ1v) is 8.47. The lowest BCUT2D eigenvalue weighted by molar-refractivity contribution is 0.156. The quantitative estimate of drug-likeness (QED) is 0.924. The van der Waals surface area contributed by atoms with Crippen LogP contribution in [-0.2, 0) is 0 Å². The number of nitrogens with one attached hydrogen (secondary N) is 1. The Morgan fingerprint density at radius 3 is 2.60 bits per heavy atom. The lowest BCUT2D eigenvalue weighted by Crippen LogP contribution is -2.44. The van der Waals surface area contributed by atoms with Crippen LogP contribution in [0.3, 0.4) is 0 Å². The predicted octanol–water partition coefficient (Wildman–Crippen LogP) is 2.49. The molecule has 1 aromatic heterocycles. The SMILES string of the molecule is COc1ccc(NC(=O)N2C[C@@H](C)C[C@H](C)C2)cc1-n1nnnc1C. The van der Waals surface area contributed by atoms with Crippen molar-refractivity contribution in [3.05, 3.63) is 24.0 Å². The van der Waals surface area contributed by atoms with E-state index in [0.29, 0.717) is 34.8 Å². The molecule has 134 valence electrons. The summed E-state index contributed by atoms with van der Waals surface area (Å²) in [5.74, 6) is 2.31. The van der Waals surface area contributed by atoms with E-state index in [0.717, 1.165) is 19.5 Å². The summed E-state index contributed by atoms with van der Waals surface area (Å²) in [4.78, 5) is 14.5. The molecule has 1 saturated heterocycles. The fraction of sp³-hybridized carbons (Fsp3) is 0.529. The van der Waals surface area contributed by atoms with Gasteiger partial charge in [0.2, 0.25) is 0 Å². The van der Waals surface area contributed by atoms with E-state index in [1.807, 2.05) is 17.0 Å². The van der Waals surface area contributed by atoms with Crippen LogP contribution in [0.1, 0.15) is 26.1 Å². The third-order valence-corrected chi connectivity index (χ3v) is 4.44. The first kappa shape index (κ1) is 17.2. The molecule has 0 saturated carbocycles. The number of benzene rings is 1. The minimum Gasteiger partial charge on any atom is -0.494 e. The lowest BCUT2D eigenvalue weighted by Gasteiger charge is -2.34. The van der Waals surface area contributed by atoms with Crippen LogP contribution in [0.5, 0.6) is 5.75 Å². The fourth-order valence-electron chi connectivity index (χ4n) is 3.42. The average molecular weight is 344 g/mol. The first-order valence-electron chi connectivity index (χ1n) is 8.47. The molecule has 2 amide bonds. The molecule has 1 aromatic carbocycles. The maximum absolute atomic E-state index is 12.6. The molecular formula is C17H24N6O2. The van der Waals surface area contributed by atoms with Gasteiger partial charge in [0.1, 0.15) is 11.4 Å². The van der Waals surface area contributed by atoms with Crippen LogP contribution in [0.4, 0.5) is 10.5 Å². The van der Waals surface area contributed by atoms with E-state index in [4.69, 9.17) is 4.74 Å². The van der Waals surface area contributed by atoms with Gasteiger partial charge in [-0.2, -0.15) is 4.68 Å². The highest BCUT2D eigenvalue weighted by molar-refractivity contribution is 5.90. The molecule has 1 aliphatic rings. The van der Waals surface area contributed by atoms with E-state index in [1.54, 1.807) is 24.8 Å². The number of piperidine rings is 1. The maximum atomic E-state index is 12.6. The molecule has 0 spiro atoms. The van der Waals surface area contributed by atoms with Gasteiger partial charge >= 0.3 is 6.03 Å². The zero-order valence-electron chi connectivity index (χ0n) is 15.1. The predicted molar refractivity (Wildman–Crippen MR) is 94.0 cm³/mol. The summed E-state index contributed by atoms with van der Waals surface area (Å²) < 4.78 is 6.97. The summed E-state index contributed by atoms with van der Waals surface area (Å²) in [7, 11) is 1.59. The number of urea groups is 1. The molecule has 0 unspecified atom stereocenters. The minimum absolute atomic E-state index is 0.0806. The van der Waals surface area contributed by atoms with Crippen molar-refractivity contribution >= 4 is 11.7 Å². The first-order chi connectivity index (χ1) is 12.0. The number of nitrogens with zero attached hydrogens (tertiary/aromatic N) is 5. The summed E-state index contributed by atoms with van der Waals surface area (Å²) in [6, 6.07) is 5.35. The van der Waals surface area contributed by atoms with E-state index in [1.165, 1.54) is 0 Å². The number of anilines is 1. The normalized spacial score (nSPS) is 20.4. The molecule has 1 fully saturated rings. The van der Waals surface area contributed by atoms with Gasteiger partial charge < -0.3 is 15.0 Å². The third-order valence-electron chi connectivity index (χ3n) is 4.44. The number of carbonyl (C=O) groups excluding carboxylic acids is 1. The van der Waals surface area contributed by atoms with Gasteiger partial charge in [-0.25, -0.2) is 4.79 Å². The number of hydrogen-bond acceptors (Lipinski definition) is 5. The number of ether oxygens (including phenoxy) is 1. The Bertz CT molecular complexity index is 749. The van der Waals surface area contributed by atoms with Crippen LogP contribution in [0.15, 0.2) is 18.2 Å². The molecule has 0 radical (unpaired) electrons. The molecule has 0 bridgehead atoms. The zero-order chi connectivity index (χ0) is 18.0. The molecular weight excluding hydrogens is 320 g/mol. The Morgan fingerprint density at radius 2 is 2.00 bits per heavy atom. The van der Waals surface area contributed by atoms with Crippen molar-refractivity contribution < 1.29 is 9.53 Å². The molecule has 2 atom stereocenters. The van der Waals surface area contributed by atoms with Gasteiger partial charge in [0, 0.05) is 18.8 Å². The number of tetrazole rings is 1. The number of aryl methyl sites for hydroxylation is 1. The molecule has 2 heterocycles. The summed E-state index contributed by atoms with van der Waals surface area (Å²) in [5.41, 5.74) is 1.37. The van der Waals surface area contributed by atoms with Gasteiger partial charge in [0.05, 0.1) is 7.11 Å². The van der Waals surface area contributed by atoms with Crippen molar-refractivity contribution in [3.8, 4) is 11.4 Å². The zero-order valence-corrected chi connectivity index (χ0v) is 15.1. The van der Waals surface area contributed by atoms with Crippen LogP contribution >= 0.6 is 0 Å². The number of rotatable bonds is 3. The van der Waals surface area contributed by atoms with Crippen molar-refractivity contribution in [2.24, 2.45) is 11.8 Å². The van der Waals surface area contributed by atoms with Gasteiger partial charge in [-0.05, 0) is 53.8 Å². The van der Waals surface area contributed by atoms with Crippen LogP contribution in [0, 0.1) is 18.8 Å². The van der Waals surface area contributed by atoms with Gasteiger partial charge in [-0.1, -0.05) is 13.8 Å². The highest BCUT2D eigenvalue weighted by Gasteiger charge is 2.25. The van der Waals surface area contributed by atoms with Crippen LogP contribution in [-0.4, -0.2) is 51.3 Å². The lowest BCUT2D eigenvalue weighted by atomic mass is 9.92.